The average Bonchev–Trinajstić information content (AvgIpc) is 2.88. The van der Waals surface area contributed by atoms with E-state index in [1.54, 1.807) is 0 Å². The minimum atomic E-state index is -0.709. The predicted octanol–water partition coefficient (Wildman–Crippen LogP) is 4.53. The minimum Gasteiger partial charge on any atom is -0.481 e. The van der Waals surface area contributed by atoms with Gasteiger partial charge in [0, 0.05) is 22.6 Å². The first-order valence-electron chi connectivity index (χ1n) is 7.53. The van der Waals surface area contributed by atoms with Crippen LogP contribution in [0.3, 0.4) is 0 Å². The van der Waals surface area contributed by atoms with Gasteiger partial charge in [-0.1, -0.05) is 35.8 Å². The van der Waals surface area contributed by atoms with Gasteiger partial charge in [-0.05, 0) is 37.3 Å². The molecule has 1 N–H and O–H groups in total. The maximum Gasteiger partial charge on any atom is 0.306 e. The molecule has 1 aromatic heterocycles. The van der Waals surface area contributed by atoms with Crippen molar-refractivity contribution in [3.63, 3.8) is 0 Å². The molecule has 0 fully saturated rings. The molecule has 0 saturated heterocycles. The maximum atomic E-state index is 11.4. The van der Waals surface area contributed by atoms with E-state index in [2.05, 4.69) is 12.1 Å². The Bertz CT molecular complexity index is 678. The summed E-state index contributed by atoms with van der Waals surface area (Å²) in [6, 6.07) is 7.48. The second-order valence-corrected chi connectivity index (χ2v) is 6.38. The summed E-state index contributed by atoms with van der Waals surface area (Å²) in [6.07, 6.45) is 2.86. The first-order valence-corrected chi connectivity index (χ1v) is 7.91. The molecule has 116 valence electrons. The van der Waals surface area contributed by atoms with Crippen LogP contribution < -0.4 is 0 Å². The fourth-order valence-electron chi connectivity index (χ4n) is 3.23. The lowest BCUT2D eigenvalue weighted by Gasteiger charge is -2.21. The smallest absolute Gasteiger partial charge is 0.306 e. The van der Waals surface area contributed by atoms with Crippen LogP contribution in [0.15, 0.2) is 28.8 Å². The number of aromatic nitrogens is 1. The molecule has 22 heavy (non-hydrogen) atoms. The number of carboxylic acid groups (broad SMARTS) is 1. The molecule has 5 heteroatoms. The number of hydrogen-bond acceptors (Lipinski definition) is 3. The standard InChI is InChI=1S/C17H18ClNO3/c1-10-9-12(17(20)21)3-2-4-14-15(10)16(19-22-14)11-5-7-13(18)8-6-11/h5-8,10,12H,2-4,9H2,1H3,(H,20,21). The molecule has 1 aliphatic rings. The van der Waals surface area contributed by atoms with E-state index in [4.69, 9.17) is 16.1 Å². The molecule has 1 aliphatic carbocycles. The summed E-state index contributed by atoms with van der Waals surface area (Å²) in [4.78, 5) is 11.4. The molecule has 0 aliphatic heterocycles. The molecule has 4 nitrogen and oxygen atoms in total. The molecule has 0 bridgehead atoms. The number of halogens is 1. The highest BCUT2D eigenvalue weighted by Crippen LogP contribution is 2.38. The first-order chi connectivity index (χ1) is 10.6. The molecule has 1 aromatic carbocycles. The van der Waals surface area contributed by atoms with Gasteiger partial charge in [-0.15, -0.1) is 0 Å². The summed E-state index contributed by atoms with van der Waals surface area (Å²) in [6.45, 7) is 2.05. The number of hydrogen-bond donors (Lipinski definition) is 1. The maximum absolute atomic E-state index is 11.4. The van der Waals surface area contributed by atoms with Gasteiger partial charge in [0.25, 0.3) is 0 Å². The van der Waals surface area contributed by atoms with E-state index in [1.165, 1.54) is 0 Å². The van der Waals surface area contributed by atoms with Gasteiger partial charge in [0.15, 0.2) is 0 Å². The first kappa shape index (κ1) is 15.1. The van der Waals surface area contributed by atoms with Gasteiger partial charge >= 0.3 is 5.97 Å². The summed E-state index contributed by atoms with van der Waals surface area (Å²) in [5.74, 6) is -0.00877. The zero-order valence-corrected chi connectivity index (χ0v) is 13.1. The quantitative estimate of drug-likeness (QED) is 0.883. The largest absolute Gasteiger partial charge is 0.481 e. The fraction of sp³-hybridized carbons (Fsp3) is 0.412. The lowest BCUT2D eigenvalue weighted by atomic mass is 9.82. The third-order valence-electron chi connectivity index (χ3n) is 4.36. The fourth-order valence-corrected chi connectivity index (χ4v) is 3.36. The summed E-state index contributed by atoms with van der Waals surface area (Å²) in [7, 11) is 0. The van der Waals surface area contributed by atoms with Crippen molar-refractivity contribution in [2.24, 2.45) is 5.92 Å². The van der Waals surface area contributed by atoms with Crippen molar-refractivity contribution in [2.75, 3.05) is 0 Å². The molecule has 2 unspecified atom stereocenters. The topological polar surface area (TPSA) is 63.3 Å². The number of carboxylic acids is 1. The normalized spacial score (nSPS) is 21.7. The Morgan fingerprint density at radius 1 is 1.36 bits per heavy atom. The number of benzene rings is 1. The van der Waals surface area contributed by atoms with E-state index >= 15 is 0 Å². The Morgan fingerprint density at radius 2 is 2.09 bits per heavy atom. The van der Waals surface area contributed by atoms with Crippen LogP contribution in [0.1, 0.15) is 43.4 Å². The Labute approximate surface area is 134 Å². The molecular formula is C17H18ClNO3. The monoisotopic (exact) mass is 319 g/mol. The number of aryl methyl sites for hydroxylation is 1. The minimum absolute atomic E-state index is 0.105. The van der Waals surface area contributed by atoms with Crippen LogP contribution in [-0.2, 0) is 11.2 Å². The van der Waals surface area contributed by atoms with Crippen LogP contribution in [-0.4, -0.2) is 16.2 Å². The summed E-state index contributed by atoms with van der Waals surface area (Å²) < 4.78 is 5.54. The van der Waals surface area contributed by atoms with Crippen LogP contribution in [0, 0.1) is 5.92 Å². The van der Waals surface area contributed by atoms with Gasteiger partial charge in [-0.3, -0.25) is 4.79 Å². The average molecular weight is 320 g/mol. The van der Waals surface area contributed by atoms with E-state index in [1.807, 2.05) is 24.3 Å². The summed E-state index contributed by atoms with van der Waals surface area (Å²) in [5.41, 5.74) is 2.81. The lowest BCUT2D eigenvalue weighted by Crippen LogP contribution is -2.19. The van der Waals surface area contributed by atoms with Gasteiger partial charge < -0.3 is 9.63 Å². The van der Waals surface area contributed by atoms with Gasteiger partial charge in [0.1, 0.15) is 11.5 Å². The highest BCUT2D eigenvalue weighted by atomic mass is 35.5. The lowest BCUT2D eigenvalue weighted by molar-refractivity contribution is -0.142. The van der Waals surface area contributed by atoms with Crippen LogP contribution in [0.5, 0.6) is 0 Å². The molecule has 0 amide bonds. The third-order valence-corrected chi connectivity index (χ3v) is 4.61. The van der Waals surface area contributed by atoms with Crippen LogP contribution >= 0.6 is 11.6 Å². The van der Waals surface area contributed by atoms with Crippen molar-refractivity contribution in [3.8, 4) is 11.3 Å². The van der Waals surface area contributed by atoms with Gasteiger partial charge in [0.2, 0.25) is 0 Å². The van der Waals surface area contributed by atoms with Crippen molar-refractivity contribution in [1.82, 2.24) is 5.16 Å². The van der Waals surface area contributed by atoms with E-state index in [0.29, 0.717) is 17.9 Å². The van der Waals surface area contributed by atoms with Gasteiger partial charge in [0.05, 0.1) is 5.92 Å². The van der Waals surface area contributed by atoms with Crippen molar-refractivity contribution >= 4 is 17.6 Å². The van der Waals surface area contributed by atoms with Gasteiger partial charge in [-0.2, -0.15) is 0 Å². The summed E-state index contributed by atoms with van der Waals surface area (Å²) in [5, 5.41) is 14.2. The Hall–Kier alpha value is -1.81. The molecule has 0 saturated carbocycles. The third kappa shape index (κ3) is 2.88. The number of aliphatic carboxylic acids is 1. The van der Waals surface area contributed by atoms with Gasteiger partial charge in [-0.25, -0.2) is 0 Å². The number of nitrogens with zero attached hydrogens (tertiary/aromatic N) is 1. The van der Waals surface area contributed by atoms with E-state index in [9.17, 15) is 9.90 Å². The molecular weight excluding hydrogens is 302 g/mol. The Balaban J connectivity index is 1.99. The van der Waals surface area contributed by atoms with Crippen molar-refractivity contribution in [3.05, 3.63) is 40.6 Å². The zero-order valence-electron chi connectivity index (χ0n) is 12.4. The number of fused-ring (bicyclic) bond motifs is 1. The second kappa shape index (κ2) is 6.13. The molecule has 3 rings (SSSR count). The van der Waals surface area contributed by atoms with Crippen molar-refractivity contribution in [2.45, 2.75) is 38.5 Å². The van der Waals surface area contributed by atoms with Crippen molar-refractivity contribution in [1.29, 1.82) is 0 Å². The van der Waals surface area contributed by atoms with E-state index in [-0.39, 0.29) is 11.8 Å². The van der Waals surface area contributed by atoms with Crippen LogP contribution in [0.2, 0.25) is 5.02 Å². The number of rotatable bonds is 2. The second-order valence-electron chi connectivity index (χ2n) is 5.94. The molecule has 2 atom stereocenters. The highest BCUT2D eigenvalue weighted by Gasteiger charge is 2.29. The highest BCUT2D eigenvalue weighted by molar-refractivity contribution is 6.30. The van der Waals surface area contributed by atoms with Crippen LogP contribution in [0.25, 0.3) is 11.3 Å². The van der Waals surface area contributed by atoms with E-state index in [0.717, 1.165) is 35.4 Å². The molecule has 1 heterocycles. The SMILES string of the molecule is CC1CC(C(=O)O)CCCc2onc(-c3ccc(Cl)cc3)c21. The van der Waals surface area contributed by atoms with Crippen molar-refractivity contribution < 1.29 is 14.4 Å². The van der Waals surface area contributed by atoms with E-state index < -0.39 is 5.97 Å². The Kier molecular flexibility index (Phi) is 4.21. The molecule has 2 aromatic rings. The number of carbonyl (C=O) groups is 1. The molecule has 0 spiro atoms. The molecule has 0 radical (unpaired) electrons. The van der Waals surface area contributed by atoms with Crippen LogP contribution in [0.4, 0.5) is 0 Å². The predicted molar refractivity (Wildman–Crippen MR) is 84.0 cm³/mol. The zero-order chi connectivity index (χ0) is 15.7. The summed E-state index contributed by atoms with van der Waals surface area (Å²) >= 11 is 5.94. The Morgan fingerprint density at radius 3 is 2.77 bits per heavy atom.